The summed E-state index contributed by atoms with van der Waals surface area (Å²) in [7, 11) is 3.25. The monoisotopic (exact) mass is 348 g/mol. The predicted octanol–water partition coefficient (Wildman–Crippen LogP) is 4.41. The number of methoxy groups -OCH3 is 2. The van der Waals surface area contributed by atoms with E-state index in [1.54, 1.807) is 20.3 Å². The van der Waals surface area contributed by atoms with E-state index in [-0.39, 0.29) is 5.97 Å². The van der Waals surface area contributed by atoms with Crippen LogP contribution in [0.2, 0.25) is 0 Å². The molecule has 0 radical (unpaired) electrons. The number of esters is 1. The molecule has 0 saturated heterocycles. The predicted molar refractivity (Wildman–Crippen MR) is 102 cm³/mol. The highest BCUT2D eigenvalue weighted by Crippen LogP contribution is 2.29. The van der Waals surface area contributed by atoms with Gasteiger partial charge in [0.2, 0.25) is 0 Å². The summed E-state index contributed by atoms with van der Waals surface area (Å²) in [6.07, 6.45) is 6.07. The van der Waals surface area contributed by atoms with Crippen LogP contribution in [0.25, 0.3) is 11.8 Å². The second kappa shape index (κ2) is 7.74. The molecule has 132 valence electrons. The molecule has 4 nitrogen and oxygen atoms in total. The average Bonchev–Trinajstić information content (AvgIpc) is 3.03. The molecule has 0 N–H and O–H groups in total. The summed E-state index contributed by atoms with van der Waals surface area (Å²) in [4.78, 5) is 12.2. The lowest BCUT2D eigenvalue weighted by molar-refractivity contribution is -0.130. The van der Waals surface area contributed by atoms with Crippen molar-refractivity contribution in [3.05, 3.63) is 83.5 Å². The highest BCUT2D eigenvalue weighted by atomic mass is 16.5. The van der Waals surface area contributed by atoms with Gasteiger partial charge in [0.1, 0.15) is 17.3 Å². The van der Waals surface area contributed by atoms with Crippen LogP contribution in [-0.2, 0) is 16.0 Å². The van der Waals surface area contributed by atoms with Crippen molar-refractivity contribution in [2.24, 2.45) is 0 Å². The Labute approximate surface area is 153 Å². The van der Waals surface area contributed by atoms with E-state index in [9.17, 15) is 4.79 Å². The van der Waals surface area contributed by atoms with E-state index in [4.69, 9.17) is 14.2 Å². The molecule has 3 rings (SSSR count). The molecule has 0 atom stereocenters. The van der Waals surface area contributed by atoms with Crippen LogP contribution >= 0.6 is 0 Å². The molecular formula is C22H20O4. The zero-order valence-corrected chi connectivity index (χ0v) is 14.8. The SMILES string of the molecule is C=CCc1cc(/C=C2\C=C(c3ccc(OC)cc3)OC2=O)ccc1OC. The smallest absolute Gasteiger partial charge is 0.343 e. The van der Waals surface area contributed by atoms with Gasteiger partial charge in [-0.1, -0.05) is 12.1 Å². The first-order valence-corrected chi connectivity index (χ1v) is 8.22. The number of hydrogen-bond acceptors (Lipinski definition) is 4. The van der Waals surface area contributed by atoms with Crippen LogP contribution in [0.4, 0.5) is 0 Å². The highest BCUT2D eigenvalue weighted by molar-refractivity contribution is 6.05. The normalized spacial score (nSPS) is 14.8. The maximum absolute atomic E-state index is 12.2. The molecule has 0 unspecified atom stereocenters. The van der Waals surface area contributed by atoms with E-state index in [0.29, 0.717) is 17.8 Å². The topological polar surface area (TPSA) is 44.8 Å². The Bertz CT molecular complexity index is 889. The third-order valence-corrected chi connectivity index (χ3v) is 4.09. The lowest BCUT2D eigenvalue weighted by Gasteiger charge is -2.07. The standard InChI is InChI=1S/C22H20O4/c1-4-5-17-12-15(6-11-20(17)25-3)13-18-14-21(26-22(18)23)16-7-9-19(24-2)10-8-16/h4,6-14H,1,5H2,2-3H3/b18-13+. The quantitative estimate of drug-likeness (QED) is 0.441. The zero-order valence-electron chi connectivity index (χ0n) is 14.8. The van der Waals surface area contributed by atoms with Gasteiger partial charge < -0.3 is 14.2 Å². The van der Waals surface area contributed by atoms with Gasteiger partial charge in [0.15, 0.2) is 0 Å². The van der Waals surface area contributed by atoms with Crippen LogP contribution in [0.3, 0.4) is 0 Å². The third-order valence-electron chi connectivity index (χ3n) is 4.09. The Morgan fingerprint density at radius 2 is 1.85 bits per heavy atom. The molecular weight excluding hydrogens is 328 g/mol. The first-order valence-electron chi connectivity index (χ1n) is 8.22. The summed E-state index contributed by atoms with van der Waals surface area (Å²) in [6, 6.07) is 13.2. The zero-order chi connectivity index (χ0) is 18.5. The molecule has 0 saturated carbocycles. The van der Waals surface area contributed by atoms with Crippen molar-refractivity contribution < 1.29 is 19.0 Å². The van der Waals surface area contributed by atoms with Gasteiger partial charge in [0.05, 0.1) is 19.8 Å². The number of cyclic esters (lactones) is 1. The van der Waals surface area contributed by atoms with E-state index in [2.05, 4.69) is 6.58 Å². The molecule has 1 heterocycles. The van der Waals surface area contributed by atoms with Crippen LogP contribution < -0.4 is 9.47 Å². The third kappa shape index (κ3) is 3.70. The molecule has 4 heteroatoms. The van der Waals surface area contributed by atoms with Crippen LogP contribution in [0.1, 0.15) is 16.7 Å². The number of rotatable bonds is 6. The second-order valence-corrected chi connectivity index (χ2v) is 5.79. The first-order chi connectivity index (χ1) is 12.6. The van der Waals surface area contributed by atoms with Crippen molar-refractivity contribution in [2.75, 3.05) is 14.2 Å². The van der Waals surface area contributed by atoms with Crippen molar-refractivity contribution in [2.45, 2.75) is 6.42 Å². The minimum atomic E-state index is -0.364. The van der Waals surface area contributed by atoms with E-state index >= 15 is 0 Å². The molecule has 1 aliphatic rings. The van der Waals surface area contributed by atoms with Gasteiger partial charge in [-0.05, 0) is 66.1 Å². The number of ether oxygens (including phenoxy) is 3. The van der Waals surface area contributed by atoms with Crippen molar-refractivity contribution in [3.8, 4) is 11.5 Å². The summed E-state index contributed by atoms with van der Waals surface area (Å²) >= 11 is 0. The largest absolute Gasteiger partial charge is 0.497 e. The van der Waals surface area contributed by atoms with Crippen molar-refractivity contribution in [1.82, 2.24) is 0 Å². The summed E-state index contributed by atoms with van der Waals surface area (Å²) in [5, 5.41) is 0. The lowest BCUT2D eigenvalue weighted by Crippen LogP contribution is -1.97. The molecule has 1 aliphatic heterocycles. The van der Waals surface area contributed by atoms with E-state index in [0.717, 1.165) is 28.2 Å². The molecule has 2 aromatic carbocycles. The Morgan fingerprint density at radius 3 is 2.50 bits per heavy atom. The fraction of sp³-hybridized carbons (Fsp3) is 0.136. The summed E-state index contributed by atoms with van der Waals surface area (Å²) < 4.78 is 15.9. The molecule has 0 bridgehead atoms. The Morgan fingerprint density at radius 1 is 1.08 bits per heavy atom. The van der Waals surface area contributed by atoms with Gasteiger partial charge in [-0.2, -0.15) is 0 Å². The van der Waals surface area contributed by atoms with Gasteiger partial charge in [-0.15, -0.1) is 6.58 Å². The molecule has 26 heavy (non-hydrogen) atoms. The number of allylic oxidation sites excluding steroid dienone is 1. The van der Waals surface area contributed by atoms with Gasteiger partial charge in [-0.25, -0.2) is 4.79 Å². The molecule has 0 aromatic heterocycles. The summed E-state index contributed by atoms with van der Waals surface area (Å²) in [5.41, 5.74) is 3.25. The fourth-order valence-electron chi connectivity index (χ4n) is 2.77. The average molecular weight is 348 g/mol. The number of carbonyl (C=O) groups is 1. The molecule has 2 aromatic rings. The Balaban J connectivity index is 1.90. The lowest BCUT2D eigenvalue weighted by atomic mass is 10.0. The Kier molecular flexibility index (Phi) is 5.23. The number of benzene rings is 2. The van der Waals surface area contributed by atoms with Gasteiger partial charge in [0, 0.05) is 5.56 Å². The summed E-state index contributed by atoms with van der Waals surface area (Å²) in [6.45, 7) is 3.77. The maximum atomic E-state index is 12.2. The van der Waals surface area contributed by atoms with Gasteiger partial charge >= 0.3 is 5.97 Å². The maximum Gasteiger partial charge on any atom is 0.343 e. The second-order valence-electron chi connectivity index (χ2n) is 5.79. The van der Waals surface area contributed by atoms with Crippen molar-refractivity contribution in [1.29, 1.82) is 0 Å². The Hall–Kier alpha value is -3.27. The van der Waals surface area contributed by atoms with Gasteiger partial charge in [-0.3, -0.25) is 0 Å². The molecule has 0 fully saturated rings. The van der Waals surface area contributed by atoms with Crippen molar-refractivity contribution >= 4 is 17.8 Å². The molecule has 0 aliphatic carbocycles. The van der Waals surface area contributed by atoms with Crippen LogP contribution in [0, 0.1) is 0 Å². The van der Waals surface area contributed by atoms with Crippen LogP contribution in [0.5, 0.6) is 11.5 Å². The van der Waals surface area contributed by atoms with E-state index in [1.165, 1.54) is 0 Å². The van der Waals surface area contributed by atoms with Crippen LogP contribution in [-0.4, -0.2) is 20.2 Å². The fourth-order valence-corrected chi connectivity index (χ4v) is 2.77. The first kappa shape index (κ1) is 17.5. The van der Waals surface area contributed by atoms with Gasteiger partial charge in [0.25, 0.3) is 0 Å². The van der Waals surface area contributed by atoms with E-state index in [1.807, 2.05) is 54.6 Å². The van der Waals surface area contributed by atoms with Crippen molar-refractivity contribution in [3.63, 3.8) is 0 Å². The minimum Gasteiger partial charge on any atom is -0.497 e. The highest BCUT2D eigenvalue weighted by Gasteiger charge is 2.22. The van der Waals surface area contributed by atoms with Crippen LogP contribution in [0.15, 0.2) is 66.8 Å². The number of carbonyl (C=O) groups excluding carboxylic acids is 1. The number of hydrogen-bond donors (Lipinski definition) is 0. The summed E-state index contributed by atoms with van der Waals surface area (Å²) in [5.74, 6) is 1.72. The molecule has 0 amide bonds. The van der Waals surface area contributed by atoms with E-state index < -0.39 is 0 Å². The molecule has 0 spiro atoms. The minimum absolute atomic E-state index is 0.364.